The van der Waals surface area contributed by atoms with Crippen LogP contribution in [0.15, 0.2) is 0 Å². The number of Topliss-reactive ketones (excluding diaryl/α,β-unsaturated/α-hetero) is 1. The van der Waals surface area contributed by atoms with Crippen molar-refractivity contribution < 1.29 is 4.79 Å². The van der Waals surface area contributed by atoms with Crippen molar-refractivity contribution in [2.24, 2.45) is 11.8 Å². The molecule has 0 heterocycles. The number of nitrogens with one attached hydrogen (secondary N) is 1. The molecular formula is C11H21NO. The molecule has 0 spiro atoms. The first-order chi connectivity index (χ1) is 6.25. The molecule has 13 heavy (non-hydrogen) atoms. The normalized spacial score (nSPS) is 18.6. The van der Waals surface area contributed by atoms with E-state index in [-0.39, 0.29) is 0 Å². The maximum atomic E-state index is 11.6. The Kier molecular flexibility index (Phi) is 4.43. The van der Waals surface area contributed by atoms with Gasteiger partial charge in [-0.15, -0.1) is 0 Å². The Labute approximate surface area is 81.1 Å². The van der Waals surface area contributed by atoms with Crippen LogP contribution in [0, 0.1) is 11.8 Å². The summed E-state index contributed by atoms with van der Waals surface area (Å²) < 4.78 is 0. The van der Waals surface area contributed by atoms with Crippen molar-refractivity contribution in [2.45, 2.75) is 39.0 Å². The second-order valence-electron chi connectivity index (χ2n) is 4.15. The van der Waals surface area contributed by atoms with E-state index in [1.54, 1.807) is 0 Å². The third-order valence-electron chi connectivity index (χ3n) is 2.94. The highest BCUT2D eigenvalue weighted by atomic mass is 16.1. The van der Waals surface area contributed by atoms with Crippen molar-refractivity contribution in [1.29, 1.82) is 0 Å². The van der Waals surface area contributed by atoms with Crippen LogP contribution in [-0.2, 0) is 4.79 Å². The number of rotatable bonds is 7. The number of hydrogen-bond donors (Lipinski definition) is 1. The van der Waals surface area contributed by atoms with Crippen LogP contribution in [0.2, 0.25) is 0 Å². The van der Waals surface area contributed by atoms with E-state index in [0.717, 1.165) is 31.7 Å². The van der Waals surface area contributed by atoms with Crippen LogP contribution in [-0.4, -0.2) is 19.4 Å². The molecule has 1 aliphatic carbocycles. The first-order valence-electron chi connectivity index (χ1n) is 5.43. The molecule has 2 heteroatoms. The van der Waals surface area contributed by atoms with E-state index >= 15 is 0 Å². The van der Waals surface area contributed by atoms with Crippen molar-refractivity contribution >= 4 is 5.78 Å². The van der Waals surface area contributed by atoms with Gasteiger partial charge in [-0.05, 0) is 45.2 Å². The number of carbonyl (C=O) groups is 1. The Morgan fingerprint density at radius 1 is 1.46 bits per heavy atom. The summed E-state index contributed by atoms with van der Waals surface area (Å²) in [6.07, 6.45) is 5.53. The number of unbranched alkanes of at least 4 members (excludes halogenated alkanes) is 1. The summed E-state index contributed by atoms with van der Waals surface area (Å²) in [6.45, 7) is 3.13. The Hall–Kier alpha value is -0.370. The Morgan fingerprint density at radius 2 is 2.15 bits per heavy atom. The smallest absolute Gasteiger partial charge is 0.135 e. The molecule has 0 aromatic rings. The van der Waals surface area contributed by atoms with E-state index < -0.39 is 0 Å². The van der Waals surface area contributed by atoms with Crippen molar-refractivity contribution in [3.8, 4) is 0 Å². The zero-order valence-corrected chi connectivity index (χ0v) is 8.81. The van der Waals surface area contributed by atoms with Crippen LogP contribution in [0.1, 0.15) is 39.0 Å². The van der Waals surface area contributed by atoms with Gasteiger partial charge in [0.2, 0.25) is 0 Å². The van der Waals surface area contributed by atoms with E-state index in [2.05, 4.69) is 12.2 Å². The first-order valence-corrected chi connectivity index (χ1v) is 5.43. The fraction of sp³-hybridized carbons (Fsp3) is 0.909. The van der Waals surface area contributed by atoms with Gasteiger partial charge in [0, 0.05) is 12.3 Å². The fourth-order valence-corrected chi connectivity index (χ4v) is 1.69. The predicted octanol–water partition coefficient (Wildman–Crippen LogP) is 1.99. The lowest BCUT2D eigenvalue weighted by Gasteiger charge is -2.07. The standard InChI is InChI=1S/C11H21NO/c1-9(10-6-7-10)11(13)5-3-4-8-12-2/h9-10,12H,3-8H2,1-2H3/t9-/m0/s1. The van der Waals surface area contributed by atoms with Gasteiger partial charge in [-0.25, -0.2) is 0 Å². The molecule has 1 atom stereocenters. The van der Waals surface area contributed by atoms with E-state index in [0.29, 0.717) is 11.7 Å². The molecule has 76 valence electrons. The molecule has 1 aliphatic rings. The van der Waals surface area contributed by atoms with Crippen molar-refractivity contribution in [3.05, 3.63) is 0 Å². The first kappa shape index (κ1) is 10.7. The highest BCUT2D eigenvalue weighted by Crippen LogP contribution is 2.37. The highest BCUT2D eigenvalue weighted by molar-refractivity contribution is 5.81. The van der Waals surface area contributed by atoms with Crippen LogP contribution in [0.4, 0.5) is 0 Å². The molecule has 1 fully saturated rings. The van der Waals surface area contributed by atoms with Gasteiger partial charge >= 0.3 is 0 Å². The average Bonchev–Trinajstić information content (AvgIpc) is 2.94. The van der Waals surface area contributed by atoms with Gasteiger partial charge in [0.15, 0.2) is 0 Å². The minimum atomic E-state index is 0.342. The summed E-state index contributed by atoms with van der Waals surface area (Å²) in [5.74, 6) is 1.56. The lowest BCUT2D eigenvalue weighted by atomic mass is 9.97. The summed E-state index contributed by atoms with van der Waals surface area (Å²) in [5.41, 5.74) is 0. The quantitative estimate of drug-likeness (QED) is 0.612. The summed E-state index contributed by atoms with van der Waals surface area (Å²) >= 11 is 0. The van der Waals surface area contributed by atoms with Crippen molar-refractivity contribution in [2.75, 3.05) is 13.6 Å². The molecule has 0 unspecified atom stereocenters. The van der Waals surface area contributed by atoms with Crippen molar-refractivity contribution in [1.82, 2.24) is 5.32 Å². The SMILES string of the molecule is CNCCCCC(=O)[C@@H](C)C1CC1. The molecule has 1 saturated carbocycles. The molecule has 0 bridgehead atoms. The van der Waals surface area contributed by atoms with Gasteiger partial charge in [0.05, 0.1) is 0 Å². The second-order valence-corrected chi connectivity index (χ2v) is 4.15. The monoisotopic (exact) mass is 183 g/mol. The summed E-state index contributed by atoms with van der Waals surface area (Å²) in [5, 5.41) is 3.09. The minimum absolute atomic E-state index is 0.342. The zero-order chi connectivity index (χ0) is 9.68. The number of carbonyl (C=O) groups excluding carboxylic acids is 1. The van der Waals surface area contributed by atoms with E-state index in [1.807, 2.05) is 7.05 Å². The lowest BCUT2D eigenvalue weighted by molar-refractivity contribution is -0.123. The molecule has 0 aromatic heterocycles. The number of ketones is 1. The third-order valence-corrected chi connectivity index (χ3v) is 2.94. The summed E-state index contributed by atoms with van der Waals surface area (Å²) in [4.78, 5) is 11.6. The van der Waals surface area contributed by atoms with Crippen LogP contribution < -0.4 is 5.32 Å². The van der Waals surface area contributed by atoms with E-state index in [4.69, 9.17) is 0 Å². The molecule has 1 rings (SSSR count). The molecule has 2 nitrogen and oxygen atoms in total. The van der Waals surface area contributed by atoms with E-state index in [1.165, 1.54) is 12.8 Å². The van der Waals surface area contributed by atoms with Crippen LogP contribution in [0.3, 0.4) is 0 Å². The van der Waals surface area contributed by atoms with E-state index in [9.17, 15) is 4.79 Å². The summed E-state index contributed by atoms with van der Waals surface area (Å²) in [7, 11) is 1.95. The van der Waals surface area contributed by atoms with Crippen molar-refractivity contribution in [3.63, 3.8) is 0 Å². The summed E-state index contributed by atoms with van der Waals surface area (Å²) in [6, 6.07) is 0. The third kappa shape index (κ3) is 3.90. The second kappa shape index (κ2) is 5.38. The number of hydrogen-bond acceptors (Lipinski definition) is 2. The van der Waals surface area contributed by atoms with Gasteiger partial charge in [-0.1, -0.05) is 6.92 Å². The van der Waals surface area contributed by atoms with Crippen LogP contribution in [0.25, 0.3) is 0 Å². The molecular weight excluding hydrogens is 162 g/mol. The van der Waals surface area contributed by atoms with Gasteiger partial charge in [0.25, 0.3) is 0 Å². The van der Waals surface area contributed by atoms with Gasteiger partial charge in [-0.2, -0.15) is 0 Å². The topological polar surface area (TPSA) is 29.1 Å². The van der Waals surface area contributed by atoms with Gasteiger partial charge in [-0.3, -0.25) is 4.79 Å². The maximum Gasteiger partial charge on any atom is 0.135 e. The fourth-order valence-electron chi connectivity index (χ4n) is 1.69. The van der Waals surface area contributed by atoms with Crippen LogP contribution in [0.5, 0.6) is 0 Å². The molecule has 0 saturated heterocycles. The minimum Gasteiger partial charge on any atom is -0.320 e. The van der Waals surface area contributed by atoms with Gasteiger partial charge < -0.3 is 5.32 Å². The Bertz CT molecular complexity index is 163. The molecule has 0 amide bonds. The average molecular weight is 183 g/mol. The maximum absolute atomic E-state index is 11.6. The zero-order valence-electron chi connectivity index (χ0n) is 8.81. The highest BCUT2D eigenvalue weighted by Gasteiger charge is 2.31. The Morgan fingerprint density at radius 3 is 2.69 bits per heavy atom. The molecule has 1 N–H and O–H groups in total. The largest absolute Gasteiger partial charge is 0.320 e. The Balaban J connectivity index is 2.02. The predicted molar refractivity (Wildman–Crippen MR) is 54.7 cm³/mol. The van der Waals surface area contributed by atoms with Gasteiger partial charge in [0.1, 0.15) is 5.78 Å². The molecule has 0 aromatic carbocycles. The molecule has 0 radical (unpaired) electrons. The molecule has 0 aliphatic heterocycles. The lowest BCUT2D eigenvalue weighted by Crippen LogP contribution is -2.14. The van der Waals surface area contributed by atoms with Crippen LogP contribution >= 0.6 is 0 Å².